The van der Waals surface area contributed by atoms with E-state index in [9.17, 15) is 13.2 Å². The van der Waals surface area contributed by atoms with Crippen LogP contribution in [0.2, 0.25) is 0 Å². The Bertz CT molecular complexity index is 773. The molecule has 0 aliphatic heterocycles. The molecule has 0 spiro atoms. The summed E-state index contributed by atoms with van der Waals surface area (Å²) in [7, 11) is -3.56. The fourth-order valence-electron chi connectivity index (χ4n) is 2.12. The number of benzene rings is 2. The minimum atomic E-state index is -3.56. The van der Waals surface area contributed by atoms with Crippen molar-refractivity contribution in [3.8, 4) is 0 Å². The maximum atomic E-state index is 12.3. The molecule has 2 aromatic carbocycles. The van der Waals surface area contributed by atoms with Gasteiger partial charge in [-0.2, -0.15) is 8.42 Å². The summed E-state index contributed by atoms with van der Waals surface area (Å²) in [5, 5.41) is 0. The van der Waals surface area contributed by atoms with Crippen LogP contribution in [0.3, 0.4) is 0 Å². The second kappa shape index (κ2) is 9.43. The summed E-state index contributed by atoms with van der Waals surface area (Å²) >= 11 is 0. The fraction of sp³-hybridized carbons (Fsp3) is 0.278. The highest BCUT2D eigenvalue weighted by atomic mass is 32.2. The zero-order valence-corrected chi connectivity index (χ0v) is 14.6. The lowest BCUT2D eigenvalue weighted by atomic mass is 10.0. The molecule has 0 fully saturated rings. The van der Waals surface area contributed by atoms with Crippen LogP contribution >= 0.6 is 0 Å². The number of carbonyl (C=O) groups excluding carboxylic acids is 1. The van der Waals surface area contributed by atoms with E-state index < -0.39 is 10.1 Å². The summed E-state index contributed by atoms with van der Waals surface area (Å²) in [6, 6.07) is 16.2. The number of ketones is 1. The van der Waals surface area contributed by atoms with Gasteiger partial charge in [0.05, 0.1) is 25.6 Å². The number of hydrogen-bond donors (Lipinski definition) is 1. The molecule has 0 aliphatic rings. The average Bonchev–Trinajstić information content (AvgIpc) is 2.62. The zero-order valence-electron chi connectivity index (χ0n) is 13.8. The molecule has 0 bridgehead atoms. The Morgan fingerprint density at radius 2 is 1.56 bits per heavy atom. The third-order valence-corrected chi connectivity index (χ3v) is 4.64. The molecule has 0 atom stereocenters. The zero-order chi connectivity index (χ0) is 18.1. The number of nitrogens with two attached hydrogens (primary N) is 1. The smallest absolute Gasteiger partial charge is 0.268 e. The molecule has 0 amide bonds. The van der Waals surface area contributed by atoms with Gasteiger partial charge in [0.1, 0.15) is 0 Å². The average molecular weight is 363 g/mol. The molecule has 0 aromatic heterocycles. The Morgan fingerprint density at radius 3 is 2.20 bits per heavy atom. The van der Waals surface area contributed by atoms with E-state index in [0.29, 0.717) is 17.7 Å². The molecular weight excluding hydrogens is 342 g/mol. The van der Waals surface area contributed by atoms with Crippen LogP contribution in [-0.2, 0) is 25.6 Å². The lowest BCUT2D eigenvalue weighted by molar-refractivity contribution is 0.0908. The van der Waals surface area contributed by atoms with E-state index in [-0.39, 0.29) is 31.3 Å². The summed E-state index contributed by atoms with van der Waals surface area (Å²) in [4.78, 5) is 12.3. The van der Waals surface area contributed by atoms with Gasteiger partial charge in [0.25, 0.3) is 10.1 Å². The largest absolute Gasteiger partial charge is 0.374 e. The Balaban J connectivity index is 1.78. The summed E-state index contributed by atoms with van der Waals surface area (Å²) in [5.74, 6) is -0.240. The standard InChI is InChI=1S/C18H21NO5S/c19-10-13-25(21,22)24-12-11-23-14-15-6-8-17(9-7-15)18(20)16-4-2-1-3-5-16/h1-9H,10-14,19H2. The minimum Gasteiger partial charge on any atom is -0.374 e. The molecule has 2 rings (SSSR count). The molecule has 2 aromatic rings. The first-order valence-electron chi connectivity index (χ1n) is 7.85. The molecule has 25 heavy (non-hydrogen) atoms. The van der Waals surface area contributed by atoms with Gasteiger partial charge in [0, 0.05) is 17.7 Å². The molecule has 7 heteroatoms. The summed E-state index contributed by atoms with van der Waals surface area (Å²) in [6.45, 7) is 0.429. The lowest BCUT2D eigenvalue weighted by Gasteiger charge is -2.07. The van der Waals surface area contributed by atoms with Crippen molar-refractivity contribution in [3.05, 3.63) is 71.3 Å². The highest BCUT2D eigenvalue weighted by molar-refractivity contribution is 7.86. The summed E-state index contributed by atoms with van der Waals surface area (Å²) in [5.41, 5.74) is 7.30. The van der Waals surface area contributed by atoms with E-state index in [1.807, 2.05) is 30.3 Å². The summed E-state index contributed by atoms with van der Waals surface area (Å²) < 4.78 is 32.7. The molecule has 6 nitrogen and oxygen atoms in total. The van der Waals surface area contributed by atoms with Crippen molar-refractivity contribution in [2.45, 2.75) is 6.61 Å². The van der Waals surface area contributed by atoms with Crippen molar-refractivity contribution in [2.24, 2.45) is 5.73 Å². The SMILES string of the molecule is NCCS(=O)(=O)OCCOCc1ccc(C(=O)c2ccccc2)cc1. The van der Waals surface area contributed by atoms with Crippen LogP contribution in [0.4, 0.5) is 0 Å². The van der Waals surface area contributed by atoms with Crippen molar-refractivity contribution in [1.29, 1.82) is 0 Å². The van der Waals surface area contributed by atoms with E-state index in [0.717, 1.165) is 5.56 Å². The van der Waals surface area contributed by atoms with E-state index in [1.165, 1.54) is 0 Å². The quantitative estimate of drug-likeness (QED) is 0.392. The molecule has 0 radical (unpaired) electrons. The normalized spacial score (nSPS) is 11.4. The highest BCUT2D eigenvalue weighted by Crippen LogP contribution is 2.11. The van der Waals surface area contributed by atoms with Gasteiger partial charge in [0.15, 0.2) is 5.78 Å². The van der Waals surface area contributed by atoms with Crippen molar-refractivity contribution >= 4 is 15.9 Å². The summed E-state index contributed by atoms with van der Waals surface area (Å²) in [6.07, 6.45) is 0. The van der Waals surface area contributed by atoms with Crippen LogP contribution in [0, 0.1) is 0 Å². The molecule has 134 valence electrons. The minimum absolute atomic E-state index is 0.0250. The highest BCUT2D eigenvalue weighted by Gasteiger charge is 2.10. The molecule has 0 heterocycles. The van der Waals surface area contributed by atoms with Crippen LogP contribution in [0.25, 0.3) is 0 Å². The van der Waals surface area contributed by atoms with Crippen molar-refractivity contribution in [1.82, 2.24) is 0 Å². The van der Waals surface area contributed by atoms with Gasteiger partial charge in [-0.3, -0.25) is 8.98 Å². The number of ether oxygens (including phenoxy) is 1. The number of rotatable bonds is 10. The van der Waals surface area contributed by atoms with Gasteiger partial charge in [-0.05, 0) is 5.56 Å². The Labute approximate surface area is 147 Å². The van der Waals surface area contributed by atoms with Gasteiger partial charge in [-0.25, -0.2) is 0 Å². The second-order valence-corrected chi connectivity index (χ2v) is 7.08. The fourth-order valence-corrected chi connectivity index (χ4v) is 2.85. The molecule has 2 N–H and O–H groups in total. The molecule has 0 saturated heterocycles. The van der Waals surface area contributed by atoms with Crippen molar-refractivity contribution < 1.29 is 22.1 Å². The van der Waals surface area contributed by atoms with Gasteiger partial charge in [-0.1, -0.05) is 54.6 Å². The monoisotopic (exact) mass is 363 g/mol. The molecule has 0 saturated carbocycles. The van der Waals surface area contributed by atoms with Crippen LogP contribution in [-0.4, -0.2) is 39.7 Å². The molecule has 0 aliphatic carbocycles. The predicted molar refractivity (Wildman–Crippen MR) is 94.8 cm³/mol. The van der Waals surface area contributed by atoms with E-state index in [1.54, 1.807) is 24.3 Å². The van der Waals surface area contributed by atoms with Crippen LogP contribution in [0.1, 0.15) is 21.5 Å². The lowest BCUT2D eigenvalue weighted by Crippen LogP contribution is -2.19. The van der Waals surface area contributed by atoms with Gasteiger partial charge >= 0.3 is 0 Å². The van der Waals surface area contributed by atoms with Gasteiger partial charge in [0.2, 0.25) is 0 Å². The first kappa shape index (κ1) is 19.3. The first-order valence-corrected chi connectivity index (χ1v) is 9.43. The van der Waals surface area contributed by atoms with E-state index in [2.05, 4.69) is 0 Å². The number of carbonyl (C=O) groups is 1. The number of hydrogen-bond acceptors (Lipinski definition) is 6. The second-order valence-electron chi connectivity index (χ2n) is 5.32. The van der Waals surface area contributed by atoms with E-state index in [4.69, 9.17) is 14.7 Å². The Hall–Kier alpha value is -2.06. The van der Waals surface area contributed by atoms with Gasteiger partial charge < -0.3 is 10.5 Å². The maximum Gasteiger partial charge on any atom is 0.268 e. The maximum absolute atomic E-state index is 12.3. The van der Waals surface area contributed by atoms with Crippen molar-refractivity contribution in [3.63, 3.8) is 0 Å². The molecular formula is C18H21NO5S. The first-order chi connectivity index (χ1) is 12.0. The Kier molecular flexibility index (Phi) is 7.27. The predicted octanol–water partition coefficient (Wildman–Crippen LogP) is 1.74. The van der Waals surface area contributed by atoms with E-state index >= 15 is 0 Å². The van der Waals surface area contributed by atoms with Gasteiger partial charge in [-0.15, -0.1) is 0 Å². The third-order valence-electron chi connectivity index (χ3n) is 3.38. The topological polar surface area (TPSA) is 95.7 Å². The van der Waals surface area contributed by atoms with Crippen LogP contribution < -0.4 is 5.73 Å². The third kappa shape index (κ3) is 6.39. The van der Waals surface area contributed by atoms with Crippen LogP contribution in [0.15, 0.2) is 54.6 Å². The van der Waals surface area contributed by atoms with Crippen LogP contribution in [0.5, 0.6) is 0 Å². The molecule has 0 unspecified atom stereocenters. The Morgan fingerprint density at radius 1 is 0.920 bits per heavy atom. The van der Waals surface area contributed by atoms with Crippen molar-refractivity contribution in [2.75, 3.05) is 25.5 Å².